The molecule has 0 radical (unpaired) electrons. The second-order valence-corrected chi connectivity index (χ2v) is 8.05. The van der Waals surface area contributed by atoms with Crippen LogP contribution in [0.3, 0.4) is 0 Å². The molecule has 1 heterocycles. The third-order valence-corrected chi connectivity index (χ3v) is 5.89. The van der Waals surface area contributed by atoms with E-state index in [2.05, 4.69) is 5.32 Å². The van der Waals surface area contributed by atoms with Gasteiger partial charge < -0.3 is 15.0 Å². The summed E-state index contributed by atoms with van der Waals surface area (Å²) in [6, 6.07) is 16.8. The maximum Gasteiger partial charge on any atom is 0.339 e. The number of nitrogens with one attached hydrogen (secondary N) is 1. The SMILES string of the molecule is O=C(COC(=O)c1ccccc1SCC(=O)N1CCCC1)NCCc1ccccc1. The number of hydrogen-bond acceptors (Lipinski definition) is 5. The van der Waals surface area contributed by atoms with Crippen molar-refractivity contribution in [1.29, 1.82) is 0 Å². The van der Waals surface area contributed by atoms with Crippen molar-refractivity contribution in [2.45, 2.75) is 24.2 Å². The third kappa shape index (κ3) is 6.62. The number of rotatable bonds is 9. The molecule has 1 fully saturated rings. The number of likely N-dealkylation sites (tertiary alicyclic amines) is 1. The van der Waals surface area contributed by atoms with Gasteiger partial charge in [-0.2, -0.15) is 0 Å². The molecule has 1 aliphatic rings. The van der Waals surface area contributed by atoms with Crippen molar-refractivity contribution < 1.29 is 19.1 Å². The molecule has 0 spiro atoms. The molecule has 1 N–H and O–H groups in total. The fraction of sp³-hybridized carbons (Fsp3) is 0.348. The van der Waals surface area contributed by atoms with Crippen molar-refractivity contribution in [2.75, 3.05) is 32.0 Å². The van der Waals surface area contributed by atoms with E-state index in [-0.39, 0.29) is 24.2 Å². The summed E-state index contributed by atoms with van der Waals surface area (Å²) >= 11 is 1.32. The van der Waals surface area contributed by atoms with Gasteiger partial charge in [0.1, 0.15) is 0 Å². The second kappa shape index (κ2) is 11.4. The predicted octanol–water partition coefficient (Wildman–Crippen LogP) is 2.92. The third-order valence-electron chi connectivity index (χ3n) is 4.83. The van der Waals surface area contributed by atoms with Crippen LogP contribution in [-0.2, 0) is 20.7 Å². The lowest BCUT2D eigenvalue weighted by molar-refractivity contribution is -0.127. The van der Waals surface area contributed by atoms with Gasteiger partial charge in [0, 0.05) is 24.5 Å². The van der Waals surface area contributed by atoms with E-state index < -0.39 is 5.97 Å². The average molecular weight is 427 g/mol. The summed E-state index contributed by atoms with van der Waals surface area (Å²) < 4.78 is 5.18. The molecular weight excluding hydrogens is 400 g/mol. The van der Waals surface area contributed by atoms with E-state index in [0.29, 0.717) is 23.4 Å². The molecule has 158 valence electrons. The largest absolute Gasteiger partial charge is 0.452 e. The number of benzene rings is 2. The van der Waals surface area contributed by atoms with E-state index >= 15 is 0 Å². The summed E-state index contributed by atoms with van der Waals surface area (Å²) in [5.74, 6) is -0.540. The smallest absolute Gasteiger partial charge is 0.339 e. The number of carbonyl (C=O) groups is 3. The summed E-state index contributed by atoms with van der Waals surface area (Å²) in [6.45, 7) is 1.76. The average Bonchev–Trinajstić information content (AvgIpc) is 3.32. The molecule has 2 aromatic rings. The lowest BCUT2D eigenvalue weighted by Gasteiger charge is -2.15. The molecule has 0 bridgehead atoms. The van der Waals surface area contributed by atoms with Gasteiger partial charge in [0.25, 0.3) is 5.91 Å². The van der Waals surface area contributed by atoms with Crippen molar-refractivity contribution in [3.63, 3.8) is 0 Å². The Balaban J connectivity index is 1.44. The van der Waals surface area contributed by atoms with Crippen LogP contribution in [0.25, 0.3) is 0 Å². The molecule has 1 saturated heterocycles. The van der Waals surface area contributed by atoms with Gasteiger partial charge in [0.15, 0.2) is 6.61 Å². The van der Waals surface area contributed by atoms with Gasteiger partial charge in [-0.25, -0.2) is 4.79 Å². The van der Waals surface area contributed by atoms with E-state index in [4.69, 9.17) is 4.74 Å². The summed E-state index contributed by atoms with van der Waals surface area (Å²) in [4.78, 5) is 39.2. The van der Waals surface area contributed by atoms with E-state index in [1.165, 1.54) is 11.8 Å². The first-order valence-corrected chi connectivity index (χ1v) is 11.1. The van der Waals surface area contributed by atoms with Gasteiger partial charge in [-0.05, 0) is 37.0 Å². The summed E-state index contributed by atoms with van der Waals surface area (Å²) in [7, 11) is 0. The summed E-state index contributed by atoms with van der Waals surface area (Å²) in [5.41, 5.74) is 1.50. The Hall–Kier alpha value is -2.80. The van der Waals surface area contributed by atoms with Crippen molar-refractivity contribution in [1.82, 2.24) is 10.2 Å². The highest BCUT2D eigenvalue weighted by Gasteiger charge is 2.20. The quantitative estimate of drug-likeness (QED) is 0.493. The van der Waals surface area contributed by atoms with Gasteiger partial charge in [0.05, 0.1) is 11.3 Å². The van der Waals surface area contributed by atoms with Crippen LogP contribution in [0.15, 0.2) is 59.5 Å². The zero-order chi connectivity index (χ0) is 21.2. The van der Waals surface area contributed by atoms with Crippen LogP contribution in [0.4, 0.5) is 0 Å². The maximum atomic E-state index is 12.5. The van der Waals surface area contributed by atoms with Gasteiger partial charge in [-0.1, -0.05) is 42.5 Å². The van der Waals surface area contributed by atoms with Gasteiger partial charge in [-0.15, -0.1) is 11.8 Å². The number of ether oxygens (including phenoxy) is 1. The minimum atomic E-state index is -0.565. The Kier molecular flexibility index (Phi) is 8.32. The lowest BCUT2D eigenvalue weighted by atomic mass is 10.1. The standard InChI is InChI=1S/C23H26N2O4S/c26-21(24-13-12-18-8-2-1-3-9-18)16-29-23(28)19-10-4-5-11-20(19)30-17-22(27)25-14-6-7-15-25/h1-5,8-11H,6-7,12-17H2,(H,24,26). The summed E-state index contributed by atoms with van der Waals surface area (Å²) in [6.07, 6.45) is 2.81. The van der Waals surface area contributed by atoms with E-state index in [9.17, 15) is 14.4 Å². The fourth-order valence-corrected chi connectivity index (χ4v) is 4.15. The van der Waals surface area contributed by atoms with Crippen molar-refractivity contribution in [3.8, 4) is 0 Å². The number of esters is 1. The highest BCUT2D eigenvalue weighted by atomic mass is 32.2. The number of nitrogens with zero attached hydrogens (tertiary/aromatic N) is 1. The van der Waals surface area contributed by atoms with E-state index in [1.807, 2.05) is 41.3 Å². The normalized spacial score (nSPS) is 13.1. The van der Waals surface area contributed by atoms with Gasteiger partial charge in [0.2, 0.25) is 5.91 Å². The molecule has 0 atom stereocenters. The number of thioether (sulfide) groups is 1. The van der Waals surface area contributed by atoms with Crippen LogP contribution in [-0.4, -0.2) is 54.7 Å². The van der Waals surface area contributed by atoms with E-state index in [0.717, 1.165) is 31.5 Å². The Bertz CT molecular complexity index is 867. The molecule has 3 rings (SSSR count). The van der Waals surface area contributed by atoms with Crippen LogP contribution in [0.1, 0.15) is 28.8 Å². The number of carbonyl (C=O) groups excluding carboxylic acids is 3. The molecular formula is C23H26N2O4S. The van der Waals surface area contributed by atoms with Crippen LogP contribution in [0, 0.1) is 0 Å². The van der Waals surface area contributed by atoms with Crippen LogP contribution in [0.2, 0.25) is 0 Å². The molecule has 6 nitrogen and oxygen atoms in total. The molecule has 0 unspecified atom stereocenters. The summed E-state index contributed by atoms with van der Waals surface area (Å²) in [5, 5.41) is 2.75. The topological polar surface area (TPSA) is 75.7 Å². The van der Waals surface area contributed by atoms with Crippen LogP contribution in [0.5, 0.6) is 0 Å². The maximum absolute atomic E-state index is 12.5. The highest BCUT2D eigenvalue weighted by molar-refractivity contribution is 8.00. The van der Waals surface area contributed by atoms with E-state index in [1.54, 1.807) is 18.2 Å². The highest BCUT2D eigenvalue weighted by Crippen LogP contribution is 2.24. The molecule has 0 saturated carbocycles. The molecule has 30 heavy (non-hydrogen) atoms. The first kappa shape index (κ1) is 21.9. The van der Waals surface area contributed by atoms with Crippen molar-refractivity contribution >= 4 is 29.5 Å². The van der Waals surface area contributed by atoms with Crippen molar-refractivity contribution in [3.05, 3.63) is 65.7 Å². The van der Waals surface area contributed by atoms with Crippen LogP contribution >= 0.6 is 11.8 Å². The monoisotopic (exact) mass is 426 g/mol. The zero-order valence-corrected chi connectivity index (χ0v) is 17.7. The molecule has 2 aromatic carbocycles. The predicted molar refractivity (Wildman–Crippen MR) is 116 cm³/mol. The minimum Gasteiger partial charge on any atom is -0.452 e. The second-order valence-electron chi connectivity index (χ2n) is 7.03. The fourth-order valence-electron chi connectivity index (χ4n) is 3.21. The Morgan fingerprint density at radius 3 is 2.43 bits per heavy atom. The Morgan fingerprint density at radius 1 is 0.967 bits per heavy atom. The minimum absolute atomic E-state index is 0.0819. The van der Waals surface area contributed by atoms with Crippen LogP contribution < -0.4 is 5.32 Å². The molecule has 2 amide bonds. The first-order valence-electron chi connectivity index (χ1n) is 10.1. The lowest BCUT2D eigenvalue weighted by Crippen LogP contribution is -2.30. The number of hydrogen-bond donors (Lipinski definition) is 1. The Morgan fingerprint density at radius 2 is 1.67 bits per heavy atom. The zero-order valence-electron chi connectivity index (χ0n) is 16.8. The van der Waals surface area contributed by atoms with Gasteiger partial charge in [-0.3, -0.25) is 9.59 Å². The first-order chi connectivity index (χ1) is 14.6. The molecule has 1 aliphatic heterocycles. The molecule has 7 heteroatoms. The number of amides is 2. The van der Waals surface area contributed by atoms with Gasteiger partial charge >= 0.3 is 5.97 Å². The van der Waals surface area contributed by atoms with Crippen molar-refractivity contribution in [2.24, 2.45) is 0 Å². The molecule has 0 aromatic heterocycles. The molecule has 0 aliphatic carbocycles. The Labute approximate surface area is 181 Å².